The van der Waals surface area contributed by atoms with Crippen LogP contribution >= 0.6 is 0 Å². The predicted octanol–water partition coefficient (Wildman–Crippen LogP) is 0.553. The summed E-state index contributed by atoms with van der Waals surface area (Å²) in [5.41, 5.74) is 0. The molecule has 2 aliphatic rings. The Hall–Kier alpha value is -1.57. The number of likely N-dealkylation sites (tertiary alicyclic amines) is 1. The number of hydrogen-bond donors (Lipinski definition) is 1. The molecule has 0 saturated carbocycles. The Balaban J connectivity index is 1.63. The molecule has 2 atom stereocenters. The monoisotopic (exact) mass is 334 g/mol. The van der Waals surface area contributed by atoms with Gasteiger partial charge < -0.3 is 14.7 Å². The van der Waals surface area contributed by atoms with Crippen LogP contribution in [0.25, 0.3) is 0 Å². The van der Waals surface area contributed by atoms with Gasteiger partial charge in [-0.05, 0) is 38.8 Å². The van der Waals surface area contributed by atoms with Gasteiger partial charge in [0.1, 0.15) is 0 Å². The molecule has 0 bridgehead atoms. The van der Waals surface area contributed by atoms with Crippen LogP contribution in [-0.2, 0) is 4.74 Å². The van der Waals surface area contributed by atoms with Crippen molar-refractivity contribution in [1.82, 2.24) is 19.8 Å². The zero-order valence-corrected chi connectivity index (χ0v) is 14.2. The molecule has 0 unspecified atom stereocenters. The Morgan fingerprint density at radius 3 is 2.58 bits per heavy atom. The van der Waals surface area contributed by atoms with Crippen LogP contribution in [0.2, 0.25) is 0 Å². The average molecular weight is 334 g/mol. The number of ether oxygens (including phenoxy) is 1. The number of aromatic nitrogens is 2. The summed E-state index contributed by atoms with van der Waals surface area (Å²) in [5, 5.41) is 10.6. The molecule has 3 heterocycles. The number of aliphatic hydroxyl groups excluding tert-OH is 1. The first-order valence-corrected chi connectivity index (χ1v) is 8.71. The lowest BCUT2D eigenvalue weighted by Crippen LogP contribution is -2.48. The smallest absolute Gasteiger partial charge is 0.291 e. The van der Waals surface area contributed by atoms with Crippen molar-refractivity contribution in [1.29, 1.82) is 0 Å². The Morgan fingerprint density at radius 2 is 1.88 bits per heavy atom. The van der Waals surface area contributed by atoms with Crippen LogP contribution in [0.3, 0.4) is 0 Å². The van der Waals surface area contributed by atoms with Gasteiger partial charge in [0.05, 0.1) is 6.10 Å². The van der Waals surface area contributed by atoms with Gasteiger partial charge >= 0.3 is 0 Å². The molecule has 3 rings (SSSR count). The standard InChI is InChI=1S/C17H26N4O3/c1-20(13-5-11-24-12-6-13)14-3-9-21(10-4-15(14)22)17(23)16-18-7-2-8-19-16/h2,7-8,13-15,22H,3-6,9-12H2,1H3/t14-,15-/m0/s1. The fraction of sp³-hybridized carbons (Fsp3) is 0.706. The lowest BCUT2D eigenvalue weighted by atomic mass is 9.99. The van der Waals surface area contributed by atoms with Crippen molar-refractivity contribution in [2.45, 2.75) is 43.9 Å². The highest BCUT2D eigenvalue weighted by atomic mass is 16.5. The molecular formula is C17H26N4O3. The van der Waals surface area contributed by atoms with Crippen LogP contribution in [0.5, 0.6) is 0 Å². The van der Waals surface area contributed by atoms with Crippen LogP contribution in [0.15, 0.2) is 18.5 Å². The third kappa shape index (κ3) is 3.91. The number of nitrogens with zero attached hydrogens (tertiary/aromatic N) is 4. The molecule has 1 amide bonds. The van der Waals surface area contributed by atoms with Crippen molar-refractivity contribution >= 4 is 5.91 Å². The van der Waals surface area contributed by atoms with E-state index >= 15 is 0 Å². The van der Waals surface area contributed by atoms with Gasteiger partial charge in [-0.1, -0.05) is 0 Å². The molecule has 1 aromatic rings. The highest BCUT2D eigenvalue weighted by Gasteiger charge is 2.33. The summed E-state index contributed by atoms with van der Waals surface area (Å²) in [7, 11) is 2.08. The van der Waals surface area contributed by atoms with E-state index < -0.39 is 6.10 Å². The summed E-state index contributed by atoms with van der Waals surface area (Å²) in [4.78, 5) is 24.7. The lowest BCUT2D eigenvalue weighted by molar-refractivity contribution is -0.00758. The van der Waals surface area contributed by atoms with Crippen molar-refractivity contribution < 1.29 is 14.6 Å². The van der Waals surface area contributed by atoms with Gasteiger partial charge in [-0.3, -0.25) is 9.69 Å². The van der Waals surface area contributed by atoms with E-state index in [1.807, 2.05) is 0 Å². The molecule has 132 valence electrons. The summed E-state index contributed by atoms with van der Waals surface area (Å²) in [6.45, 7) is 2.73. The first kappa shape index (κ1) is 17.3. The molecule has 0 spiro atoms. The predicted molar refractivity (Wildman–Crippen MR) is 88.6 cm³/mol. The molecule has 0 aliphatic carbocycles. The van der Waals surface area contributed by atoms with Gasteiger partial charge in [-0.25, -0.2) is 9.97 Å². The average Bonchev–Trinajstić information content (AvgIpc) is 2.84. The number of likely N-dealkylation sites (N-methyl/N-ethyl adjacent to an activating group) is 1. The van der Waals surface area contributed by atoms with Gasteiger partial charge in [0.25, 0.3) is 5.91 Å². The second-order valence-electron chi connectivity index (χ2n) is 6.59. The lowest BCUT2D eigenvalue weighted by Gasteiger charge is -2.38. The third-order valence-corrected chi connectivity index (χ3v) is 5.17. The summed E-state index contributed by atoms with van der Waals surface area (Å²) in [6.07, 6.45) is 6.07. The van der Waals surface area contributed by atoms with E-state index in [0.717, 1.165) is 32.5 Å². The minimum Gasteiger partial charge on any atom is -0.391 e. The maximum absolute atomic E-state index is 12.5. The molecule has 0 radical (unpaired) electrons. The van der Waals surface area contributed by atoms with Crippen LogP contribution < -0.4 is 0 Å². The van der Waals surface area contributed by atoms with Crippen molar-refractivity contribution in [3.05, 3.63) is 24.3 Å². The van der Waals surface area contributed by atoms with E-state index in [1.165, 1.54) is 0 Å². The van der Waals surface area contributed by atoms with Crippen molar-refractivity contribution in [2.75, 3.05) is 33.4 Å². The molecule has 7 nitrogen and oxygen atoms in total. The molecule has 2 aliphatic heterocycles. The van der Waals surface area contributed by atoms with Crippen molar-refractivity contribution in [2.24, 2.45) is 0 Å². The normalized spacial score (nSPS) is 26.4. The van der Waals surface area contributed by atoms with Gasteiger partial charge in [-0.15, -0.1) is 0 Å². The van der Waals surface area contributed by atoms with E-state index in [4.69, 9.17) is 4.74 Å². The summed E-state index contributed by atoms with van der Waals surface area (Å²) >= 11 is 0. The maximum Gasteiger partial charge on any atom is 0.291 e. The highest BCUT2D eigenvalue weighted by Crippen LogP contribution is 2.23. The molecule has 2 saturated heterocycles. The fourth-order valence-corrected chi connectivity index (χ4v) is 3.67. The van der Waals surface area contributed by atoms with Crippen LogP contribution in [0.1, 0.15) is 36.3 Å². The SMILES string of the molecule is CN(C1CCOCC1)[C@H]1CCN(C(=O)c2ncccn2)CC[C@@H]1O. The minimum absolute atomic E-state index is 0.0718. The zero-order valence-electron chi connectivity index (χ0n) is 14.2. The molecular weight excluding hydrogens is 308 g/mol. The topological polar surface area (TPSA) is 78.8 Å². The Bertz CT molecular complexity index is 536. The van der Waals surface area contributed by atoms with Gasteiger partial charge in [0.15, 0.2) is 0 Å². The van der Waals surface area contributed by atoms with Crippen molar-refractivity contribution in [3.8, 4) is 0 Å². The molecule has 0 aromatic carbocycles. The molecule has 7 heteroatoms. The van der Waals surface area contributed by atoms with Crippen LogP contribution in [-0.4, -0.2) is 82.3 Å². The second kappa shape index (κ2) is 8.00. The largest absolute Gasteiger partial charge is 0.391 e. The Kier molecular flexibility index (Phi) is 5.76. The summed E-state index contributed by atoms with van der Waals surface area (Å²) in [6, 6.07) is 2.21. The zero-order chi connectivity index (χ0) is 16.9. The molecule has 24 heavy (non-hydrogen) atoms. The maximum atomic E-state index is 12.5. The highest BCUT2D eigenvalue weighted by molar-refractivity contribution is 5.90. The fourth-order valence-electron chi connectivity index (χ4n) is 3.67. The van der Waals surface area contributed by atoms with E-state index in [-0.39, 0.29) is 17.8 Å². The molecule has 1 N–H and O–H groups in total. The summed E-state index contributed by atoms with van der Waals surface area (Å²) < 4.78 is 5.43. The Morgan fingerprint density at radius 1 is 1.21 bits per heavy atom. The molecule has 2 fully saturated rings. The number of rotatable bonds is 3. The van der Waals surface area contributed by atoms with Gasteiger partial charge in [0.2, 0.25) is 5.82 Å². The number of carbonyl (C=O) groups is 1. The van der Waals surface area contributed by atoms with Gasteiger partial charge in [0, 0.05) is 50.8 Å². The number of aliphatic hydroxyl groups is 1. The number of hydrogen-bond acceptors (Lipinski definition) is 6. The van der Waals surface area contributed by atoms with E-state index in [9.17, 15) is 9.90 Å². The van der Waals surface area contributed by atoms with Crippen LogP contribution in [0.4, 0.5) is 0 Å². The molecule has 1 aromatic heterocycles. The van der Waals surface area contributed by atoms with Crippen LogP contribution in [0, 0.1) is 0 Å². The quantitative estimate of drug-likeness (QED) is 0.870. The summed E-state index contributed by atoms with van der Waals surface area (Å²) in [5.74, 6) is 0.0698. The first-order valence-electron chi connectivity index (χ1n) is 8.71. The minimum atomic E-state index is -0.424. The van der Waals surface area contributed by atoms with E-state index in [1.54, 1.807) is 23.4 Å². The van der Waals surface area contributed by atoms with E-state index in [2.05, 4.69) is 21.9 Å². The Labute approximate surface area is 142 Å². The number of carbonyl (C=O) groups excluding carboxylic acids is 1. The van der Waals surface area contributed by atoms with E-state index in [0.29, 0.717) is 25.6 Å². The second-order valence-corrected chi connectivity index (χ2v) is 6.59. The number of amides is 1. The first-order chi connectivity index (χ1) is 11.7. The van der Waals surface area contributed by atoms with Gasteiger partial charge in [-0.2, -0.15) is 0 Å². The van der Waals surface area contributed by atoms with Crippen molar-refractivity contribution in [3.63, 3.8) is 0 Å². The third-order valence-electron chi connectivity index (χ3n) is 5.17.